The lowest BCUT2D eigenvalue weighted by Gasteiger charge is -2.36. The van der Waals surface area contributed by atoms with Crippen molar-refractivity contribution in [3.63, 3.8) is 0 Å². The zero-order valence-corrected chi connectivity index (χ0v) is 27.0. The molecule has 0 aliphatic heterocycles. The molecule has 2 aromatic heterocycles. The molecule has 0 saturated heterocycles. The Bertz CT molecular complexity index is 1510. The quantitative estimate of drug-likeness (QED) is 0.217. The Balaban J connectivity index is 1.47. The van der Waals surface area contributed by atoms with Crippen LogP contribution in [0.2, 0.25) is 18.1 Å². The first-order valence-corrected chi connectivity index (χ1v) is 17.2. The number of nitrogens with one attached hydrogen (secondary N) is 1. The van der Waals surface area contributed by atoms with Gasteiger partial charge < -0.3 is 14.5 Å². The number of carbonyl (C=O) groups excluding carboxylic acids is 1. The molecule has 218 valence electrons. The maximum Gasteiger partial charge on any atom is 0.407 e. The Kier molecular flexibility index (Phi) is 8.75. The molecule has 7 nitrogen and oxygen atoms in total. The van der Waals surface area contributed by atoms with E-state index >= 15 is 0 Å². The predicted molar refractivity (Wildman–Crippen MR) is 169 cm³/mol. The summed E-state index contributed by atoms with van der Waals surface area (Å²) < 4.78 is 13.6. The fourth-order valence-corrected chi connectivity index (χ4v) is 5.38. The number of aryl methyl sites for hydroxylation is 1. The number of alkyl carbamates (subject to hydrolysis) is 1. The molecule has 41 heavy (non-hydrogen) atoms. The Morgan fingerprint density at radius 2 is 1.63 bits per heavy atom. The van der Waals surface area contributed by atoms with Crippen molar-refractivity contribution in [2.45, 2.75) is 85.2 Å². The molecular weight excluding hydrogens is 528 g/mol. The van der Waals surface area contributed by atoms with Gasteiger partial charge in [-0.3, -0.25) is 0 Å². The van der Waals surface area contributed by atoms with Crippen LogP contribution in [0.4, 0.5) is 4.79 Å². The Hall–Kier alpha value is -3.49. The normalized spacial score (nSPS) is 12.5. The molecule has 0 spiro atoms. The minimum Gasteiger partial charge on any atom is -0.444 e. The van der Waals surface area contributed by atoms with Crippen molar-refractivity contribution >= 4 is 19.9 Å². The van der Waals surface area contributed by atoms with E-state index in [4.69, 9.17) is 9.16 Å². The van der Waals surface area contributed by atoms with E-state index in [-0.39, 0.29) is 5.04 Å². The van der Waals surface area contributed by atoms with Crippen LogP contribution in [0.1, 0.15) is 58.2 Å². The minimum atomic E-state index is -1.74. The Labute approximate surface area is 245 Å². The zero-order valence-electron chi connectivity index (χ0n) is 26.0. The van der Waals surface area contributed by atoms with Crippen molar-refractivity contribution in [3.8, 4) is 22.4 Å². The first-order chi connectivity index (χ1) is 19.1. The number of hydrogen-bond acceptors (Lipinski definition) is 5. The monoisotopic (exact) mass is 572 g/mol. The van der Waals surface area contributed by atoms with Gasteiger partial charge in [0, 0.05) is 30.5 Å². The fraction of sp³-hybridized carbons (Fsp3) is 0.424. The molecule has 0 fully saturated rings. The van der Waals surface area contributed by atoms with Crippen molar-refractivity contribution in [3.05, 3.63) is 77.7 Å². The standard InChI is InChI=1S/C33H44N4O3Si/c1-23-18-26(14-15-27(23)20-34-31(38)40-32(2,3)4)30-29-19-28(21-37(29)36-22-35-30)25-12-10-24(11-13-25)16-17-39-41(8,9)33(5,6)7/h10-15,18-19,21-22H,16-17,20H2,1-9H3,(H,34,38). The van der Waals surface area contributed by atoms with Crippen LogP contribution < -0.4 is 5.32 Å². The maximum absolute atomic E-state index is 12.1. The van der Waals surface area contributed by atoms with Gasteiger partial charge in [0.05, 0.1) is 11.2 Å². The first-order valence-electron chi connectivity index (χ1n) is 14.3. The van der Waals surface area contributed by atoms with Gasteiger partial charge in [-0.2, -0.15) is 5.10 Å². The summed E-state index contributed by atoms with van der Waals surface area (Å²) >= 11 is 0. The SMILES string of the molecule is Cc1cc(-c2ncnn3cc(-c4ccc(CCO[Si](C)(C)C(C)(C)C)cc4)cc23)ccc1CNC(=O)OC(C)(C)C. The summed E-state index contributed by atoms with van der Waals surface area (Å²) in [5, 5.41) is 7.52. The second-order valence-corrected chi connectivity index (χ2v) is 18.0. The van der Waals surface area contributed by atoms with Gasteiger partial charge in [-0.25, -0.2) is 14.3 Å². The maximum atomic E-state index is 12.1. The van der Waals surface area contributed by atoms with E-state index in [1.54, 1.807) is 6.33 Å². The molecular formula is C33H44N4O3Si. The molecule has 8 heteroatoms. The topological polar surface area (TPSA) is 77.8 Å². The van der Waals surface area contributed by atoms with Crippen LogP contribution in [-0.2, 0) is 22.1 Å². The van der Waals surface area contributed by atoms with Gasteiger partial charge in [0.25, 0.3) is 0 Å². The van der Waals surface area contributed by atoms with Gasteiger partial charge in [0.15, 0.2) is 8.32 Å². The van der Waals surface area contributed by atoms with Gasteiger partial charge in [0.1, 0.15) is 11.9 Å². The third-order valence-electron chi connectivity index (χ3n) is 7.79. The summed E-state index contributed by atoms with van der Waals surface area (Å²) in [4.78, 5) is 16.7. The van der Waals surface area contributed by atoms with Gasteiger partial charge in [-0.15, -0.1) is 0 Å². The van der Waals surface area contributed by atoms with Gasteiger partial charge in [-0.1, -0.05) is 57.2 Å². The molecule has 0 aliphatic rings. The highest BCUT2D eigenvalue weighted by atomic mass is 28.4. The predicted octanol–water partition coefficient (Wildman–Crippen LogP) is 7.96. The number of carbonyl (C=O) groups is 1. The van der Waals surface area contributed by atoms with E-state index in [9.17, 15) is 4.79 Å². The lowest BCUT2D eigenvalue weighted by atomic mass is 10.0. The summed E-state index contributed by atoms with van der Waals surface area (Å²) in [6.07, 6.45) is 4.11. The second kappa shape index (κ2) is 11.8. The molecule has 0 unspecified atom stereocenters. The zero-order chi connectivity index (χ0) is 30.0. The average Bonchev–Trinajstić information content (AvgIpc) is 3.31. The molecule has 0 aliphatic carbocycles. The number of benzene rings is 2. The summed E-state index contributed by atoms with van der Waals surface area (Å²) in [5.41, 5.74) is 7.85. The van der Waals surface area contributed by atoms with Crippen LogP contribution in [0.5, 0.6) is 0 Å². The summed E-state index contributed by atoms with van der Waals surface area (Å²) in [6, 6.07) is 17.0. The van der Waals surface area contributed by atoms with E-state index < -0.39 is 20.0 Å². The highest BCUT2D eigenvalue weighted by molar-refractivity contribution is 6.74. The van der Waals surface area contributed by atoms with Gasteiger partial charge in [0.2, 0.25) is 0 Å². The second-order valence-electron chi connectivity index (χ2n) is 13.2. The van der Waals surface area contributed by atoms with Crippen molar-refractivity contribution < 1.29 is 14.0 Å². The summed E-state index contributed by atoms with van der Waals surface area (Å²) in [5.74, 6) is 0. The Morgan fingerprint density at radius 1 is 0.951 bits per heavy atom. The van der Waals surface area contributed by atoms with Crippen LogP contribution in [0.15, 0.2) is 61.1 Å². The van der Waals surface area contributed by atoms with E-state index in [2.05, 4.69) is 85.7 Å². The Morgan fingerprint density at radius 3 is 2.27 bits per heavy atom. The number of rotatable bonds is 8. The summed E-state index contributed by atoms with van der Waals surface area (Å²) in [6.45, 7) is 20.1. The van der Waals surface area contributed by atoms with Crippen LogP contribution in [0, 0.1) is 6.92 Å². The molecule has 1 N–H and O–H groups in total. The minimum absolute atomic E-state index is 0.218. The molecule has 0 radical (unpaired) electrons. The molecule has 0 saturated carbocycles. The molecule has 0 atom stereocenters. The number of amides is 1. The molecule has 2 heterocycles. The van der Waals surface area contributed by atoms with E-state index in [0.29, 0.717) is 6.54 Å². The van der Waals surface area contributed by atoms with Crippen molar-refractivity contribution in [1.82, 2.24) is 19.9 Å². The number of aromatic nitrogens is 3. The van der Waals surface area contributed by atoms with E-state index in [1.165, 1.54) is 5.56 Å². The lowest BCUT2D eigenvalue weighted by molar-refractivity contribution is 0.0523. The summed E-state index contributed by atoms with van der Waals surface area (Å²) in [7, 11) is -1.74. The number of ether oxygens (including phenoxy) is 1. The van der Waals surface area contributed by atoms with Gasteiger partial charge in [-0.05, 0) is 86.6 Å². The van der Waals surface area contributed by atoms with Crippen LogP contribution in [0.3, 0.4) is 0 Å². The molecule has 4 aromatic rings. The molecule has 2 aromatic carbocycles. The average molecular weight is 573 g/mol. The molecule has 0 bridgehead atoms. The highest BCUT2D eigenvalue weighted by Crippen LogP contribution is 2.36. The number of fused-ring (bicyclic) bond motifs is 1. The number of hydrogen-bond donors (Lipinski definition) is 1. The van der Waals surface area contributed by atoms with Crippen molar-refractivity contribution in [2.75, 3.05) is 6.61 Å². The van der Waals surface area contributed by atoms with Crippen LogP contribution in [0.25, 0.3) is 27.9 Å². The van der Waals surface area contributed by atoms with Crippen LogP contribution >= 0.6 is 0 Å². The highest BCUT2D eigenvalue weighted by Gasteiger charge is 2.36. The fourth-order valence-electron chi connectivity index (χ4n) is 4.34. The van der Waals surface area contributed by atoms with Crippen molar-refractivity contribution in [2.24, 2.45) is 0 Å². The third-order valence-corrected chi connectivity index (χ3v) is 12.3. The van der Waals surface area contributed by atoms with E-state index in [0.717, 1.165) is 52.1 Å². The molecule has 1 amide bonds. The van der Waals surface area contributed by atoms with E-state index in [1.807, 2.05) is 50.5 Å². The lowest BCUT2D eigenvalue weighted by Crippen LogP contribution is -2.41. The first kappa shape index (κ1) is 30.5. The van der Waals surface area contributed by atoms with Crippen LogP contribution in [-0.4, -0.2) is 41.2 Å². The smallest absolute Gasteiger partial charge is 0.407 e. The van der Waals surface area contributed by atoms with Crippen molar-refractivity contribution in [1.29, 1.82) is 0 Å². The number of nitrogens with zero attached hydrogens (tertiary/aromatic N) is 3. The molecule has 4 rings (SSSR count). The largest absolute Gasteiger partial charge is 0.444 e. The third kappa shape index (κ3) is 7.62. The van der Waals surface area contributed by atoms with Gasteiger partial charge >= 0.3 is 6.09 Å².